The molecule has 0 N–H and O–H groups in total. The van der Waals surface area contributed by atoms with Gasteiger partial charge in [0.15, 0.2) is 0 Å². The fourth-order valence-electron chi connectivity index (χ4n) is 2.24. The van der Waals surface area contributed by atoms with Gasteiger partial charge in [0.2, 0.25) is 5.91 Å². The minimum Gasteiger partial charge on any atom is -0.292 e. The van der Waals surface area contributed by atoms with Crippen LogP contribution in [0, 0.1) is 11.6 Å². The van der Waals surface area contributed by atoms with E-state index in [0.717, 1.165) is 17.7 Å². The van der Waals surface area contributed by atoms with E-state index in [1.807, 2.05) is 0 Å². The number of hydrogen-bond donors (Lipinski definition) is 0. The maximum absolute atomic E-state index is 14.0. The predicted octanol–water partition coefficient (Wildman–Crippen LogP) is 4.40. The third-order valence-electron chi connectivity index (χ3n) is 3.19. The van der Waals surface area contributed by atoms with E-state index in [2.05, 4.69) is 0 Å². The lowest BCUT2D eigenvalue weighted by molar-refractivity contribution is -0.115. The Morgan fingerprint density at radius 1 is 1.14 bits per heavy atom. The van der Waals surface area contributed by atoms with Crippen LogP contribution in [0.5, 0.6) is 0 Å². The van der Waals surface area contributed by atoms with Crippen molar-refractivity contribution in [3.05, 3.63) is 64.7 Å². The number of halogens is 3. The predicted molar refractivity (Wildman–Crippen MR) is 80.5 cm³/mol. The van der Waals surface area contributed by atoms with Crippen molar-refractivity contribution in [2.24, 2.45) is 0 Å². The van der Waals surface area contributed by atoms with E-state index in [1.165, 1.54) is 22.7 Å². The monoisotopic (exact) mass is 325 g/mol. The zero-order valence-electron chi connectivity index (χ0n) is 10.7. The van der Waals surface area contributed by atoms with Gasteiger partial charge in [0.05, 0.1) is 11.4 Å². The first-order valence-corrected chi connectivity index (χ1v) is 7.63. The third-order valence-corrected chi connectivity index (χ3v) is 4.66. The molecule has 0 aromatic heterocycles. The van der Waals surface area contributed by atoms with Gasteiger partial charge in [-0.2, -0.15) is 0 Å². The number of thioether (sulfide) groups is 1. The molecule has 1 heterocycles. The summed E-state index contributed by atoms with van der Waals surface area (Å²) in [6.07, 6.45) is 0. The minimum absolute atomic E-state index is 0.0892. The molecule has 0 bridgehead atoms. The summed E-state index contributed by atoms with van der Waals surface area (Å²) in [6.45, 7) is 0. The maximum atomic E-state index is 14.0. The molecule has 1 fully saturated rings. The fraction of sp³-hybridized carbons (Fsp3) is 0.133. The second-order valence-electron chi connectivity index (χ2n) is 4.57. The summed E-state index contributed by atoms with van der Waals surface area (Å²) < 4.78 is 27.0. The molecule has 1 atom stereocenters. The third kappa shape index (κ3) is 2.76. The van der Waals surface area contributed by atoms with Crippen LogP contribution in [0.4, 0.5) is 14.5 Å². The fourth-order valence-corrected chi connectivity index (χ4v) is 3.53. The quantitative estimate of drug-likeness (QED) is 0.816. The van der Waals surface area contributed by atoms with Gasteiger partial charge in [0, 0.05) is 11.1 Å². The van der Waals surface area contributed by atoms with Crippen LogP contribution in [-0.2, 0) is 4.79 Å². The molecule has 1 amide bonds. The van der Waals surface area contributed by atoms with Crippen LogP contribution in [0.1, 0.15) is 10.9 Å². The summed E-state index contributed by atoms with van der Waals surface area (Å²) in [5.74, 6) is -1.36. The number of benzene rings is 2. The Morgan fingerprint density at radius 2 is 1.86 bits per heavy atom. The molecular weight excluding hydrogens is 316 g/mol. The summed E-state index contributed by atoms with van der Waals surface area (Å²) in [7, 11) is 0. The van der Waals surface area contributed by atoms with E-state index in [9.17, 15) is 13.6 Å². The molecule has 0 radical (unpaired) electrons. The van der Waals surface area contributed by atoms with E-state index in [-0.39, 0.29) is 22.7 Å². The summed E-state index contributed by atoms with van der Waals surface area (Å²) in [5, 5.41) is 0.252. The second kappa shape index (κ2) is 5.66. The van der Waals surface area contributed by atoms with Gasteiger partial charge in [-0.3, -0.25) is 9.69 Å². The lowest BCUT2D eigenvalue weighted by atomic mass is 10.2. The molecule has 0 aliphatic carbocycles. The molecule has 1 saturated heterocycles. The number of amides is 1. The highest BCUT2D eigenvalue weighted by atomic mass is 35.5. The van der Waals surface area contributed by atoms with E-state index in [0.29, 0.717) is 5.02 Å². The number of nitrogens with zero attached hydrogens (tertiary/aromatic N) is 1. The Labute approximate surface area is 129 Å². The van der Waals surface area contributed by atoms with Gasteiger partial charge in [-0.1, -0.05) is 23.7 Å². The van der Waals surface area contributed by atoms with Gasteiger partial charge in [-0.15, -0.1) is 11.8 Å². The number of rotatable bonds is 2. The van der Waals surface area contributed by atoms with Crippen LogP contribution in [0.2, 0.25) is 5.02 Å². The summed E-state index contributed by atoms with van der Waals surface area (Å²) >= 11 is 7.25. The zero-order chi connectivity index (χ0) is 15.0. The van der Waals surface area contributed by atoms with E-state index < -0.39 is 11.6 Å². The first-order valence-electron chi connectivity index (χ1n) is 6.20. The molecule has 2 aromatic carbocycles. The van der Waals surface area contributed by atoms with Gasteiger partial charge in [-0.25, -0.2) is 8.78 Å². The van der Waals surface area contributed by atoms with Gasteiger partial charge in [0.25, 0.3) is 0 Å². The first kappa shape index (κ1) is 14.4. The molecule has 6 heteroatoms. The number of carbonyl (C=O) groups excluding carboxylic acids is 1. The van der Waals surface area contributed by atoms with Crippen molar-refractivity contribution in [2.45, 2.75) is 5.37 Å². The summed E-state index contributed by atoms with van der Waals surface area (Å²) in [5.41, 5.74) is 0.935. The van der Waals surface area contributed by atoms with Crippen molar-refractivity contribution in [1.29, 1.82) is 0 Å². The van der Waals surface area contributed by atoms with Crippen molar-refractivity contribution in [3.63, 3.8) is 0 Å². The molecular formula is C15H10ClF2NOS. The van der Waals surface area contributed by atoms with E-state index in [1.54, 1.807) is 24.3 Å². The average Bonchev–Trinajstić information content (AvgIpc) is 2.82. The SMILES string of the molecule is O=C1CS[C@@H](c2ccc(Cl)cc2)N1c1ccc(F)cc1F. The van der Waals surface area contributed by atoms with Crippen molar-refractivity contribution < 1.29 is 13.6 Å². The molecule has 2 nitrogen and oxygen atoms in total. The first-order chi connectivity index (χ1) is 10.1. The number of anilines is 1. The van der Waals surface area contributed by atoms with Crippen molar-refractivity contribution in [1.82, 2.24) is 0 Å². The van der Waals surface area contributed by atoms with Crippen molar-refractivity contribution in [2.75, 3.05) is 10.7 Å². The molecule has 0 saturated carbocycles. The smallest absolute Gasteiger partial charge is 0.238 e. The number of carbonyl (C=O) groups is 1. The number of hydrogen-bond acceptors (Lipinski definition) is 2. The molecule has 21 heavy (non-hydrogen) atoms. The highest BCUT2D eigenvalue weighted by Crippen LogP contribution is 2.42. The standard InChI is InChI=1S/C15H10ClF2NOS/c16-10-3-1-9(2-4-10)15-19(14(20)8-21-15)13-6-5-11(17)7-12(13)18/h1-7,15H,8H2/t15-/m0/s1. The highest BCUT2D eigenvalue weighted by molar-refractivity contribution is 8.00. The van der Waals surface area contributed by atoms with Crippen LogP contribution in [-0.4, -0.2) is 11.7 Å². The molecule has 3 rings (SSSR count). The topological polar surface area (TPSA) is 20.3 Å². The minimum atomic E-state index is -0.746. The Kier molecular flexibility index (Phi) is 3.87. The molecule has 0 unspecified atom stereocenters. The molecule has 1 aliphatic rings. The van der Waals surface area contributed by atoms with Crippen molar-refractivity contribution in [3.8, 4) is 0 Å². The maximum Gasteiger partial charge on any atom is 0.238 e. The largest absolute Gasteiger partial charge is 0.292 e. The Bertz CT molecular complexity index is 693. The molecule has 2 aromatic rings. The second-order valence-corrected chi connectivity index (χ2v) is 6.08. The zero-order valence-corrected chi connectivity index (χ0v) is 12.3. The van der Waals surface area contributed by atoms with E-state index in [4.69, 9.17) is 11.6 Å². The van der Waals surface area contributed by atoms with Gasteiger partial charge >= 0.3 is 0 Å². The normalized spacial score (nSPS) is 18.3. The Hall–Kier alpha value is -1.59. The van der Waals surface area contributed by atoms with Crippen LogP contribution in [0.15, 0.2) is 42.5 Å². The van der Waals surface area contributed by atoms with Crippen LogP contribution in [0.3, 0.4) is 0 Å². The van der Waals surface area contributed by atoms with Gasteiger partial charge < -0.3 is 0 Å². The molecule has 108 valence electrons. The average molecular weight is 326 g/mol. The lowest BCUT2D eigenvalue weighted by Gasteiger charge is -2.24. The Morgan fingerprint density at radius 3 is 2.52 bits per heavy atom. The van der Waals surface area contributed by atoms with Crippen molar-refractivity contribution >= 4 is 35.0 Å². The van der Waals surface area contributed by atoms with Crippen LogP contribution in [0.25, 0.3) is 0 Å². The highest BCUT2D eigenvalue weighted by Gasteiger charge is 2.35. The molecule has 0 spiro atoms. The van der Waals surface area contributed by atoms with Gasteiger partial charge in [0.1, 0.15) is 17.0 Å². The van der Waals surface area contributed by atoms with Gasteiger partial charge in [-0.05, 0) is 29.8 Å². The summed E-state index contributed by atoms with van der Waals surface area (Å²) in [6, 6.07) is 10.3. The summed E-state index contributed by atoms with van der Waals surface area (Å²) in [4.78, 5) is 13.4. The van der Waals surface area contributed by atoms with Crippen LogP contribution >= 0.6 is 23.4 Å². The van der Waals surface area contributed by atoms with E-state index >= 15 is 0 Å². The lowest BCUT2D eigenvalue weighted by Crippen LogP contribution is -2.28. The van der Waals surface area contributed by atoms with Crippen LogP contribution < -0.4 is 4.90 Å². The Balaban J connectivity index is 2.01. The molecule has 1 aliphatic heterocycles.